The van der Waals surface area contributed by atoms with Crippen molar-refractivity contribution in [1.29, 1.82) is 0 Å². The van der Waals surface area contributed by atoms with Crippen molar-refractivity contribution in [3.05, 3.63) is 48.0 Å². The Morgan fingerprint density at radius 1 is 1.12 bits per heavy atom. The molecule has 6 nitrogen and oxygen atoms in total. The van der Waals surface area contributed by atoms with Crippen molar-refractivity contribution in [2.75, 3.05) is 19.7 Å². The molecule has 0 aliphatic carbocycles. The molecule has 2 saturated heterocycles. The SMILES string of the molecule is Cc1cnc(C2CCCO2)n1C1CCN(S(=O)(=O)c2ccccc2)CC1. The van der Waals surface area contributed by atoms with Gasteiger partial charge in [0, 0.05) is 37.6 Å². The highest BCUT2D eigenvalue weighted by Gasteiger charge is 2.32. The molecule has 4 rings (SSSR count). The van der Waals surface area contributed by atoms with Crippen molar-refractivity contribution in [2.24, 2.45) is 0 Å². The highest BCUT2D eigenvalue weighted by Crippen LogP contribution is 2.34. The Hall–Kier alpha value is -1.70. The molecule has 1 atom stereocenters. The summed E-state index contributed by atoms with van der Waals surface area (Å²) < 4.78 is 35.3. The van der Waals surface area contributed by atoms with E-state index in [0.717, 1.165) is 43.8 Å². The molecule has 2 fully saturated rings. The molecule has 1 aromatic carbocycles. The largest absolute Gasteiger partial charge is 0.370 e. The molecule has 0 bridgehead atoms. The first kappa shape index (κ1) is 17.7. The normalized spacial score (nSPS) is 22.7. The third-order valence-corrected chi connectivity index (χ3v) is 7.31. The molecular weight excluding hydrogens is 350 g/mol. The van der Waals surface area contributed by atoms with Crippen LogP contribution in [0.1, 0.15) is 49.3 Å². The van der Waals surface area contributed by atoms with Crippen LogP contribution in [0.2, 0.25) is 0 Å². The van der Waals surface area contributed by atoms with E-state index in [-0.39, 0.29) is 12.1 Å². The second kappa shape index (κ2) is 7.13. The summed E-state index contributed by atoms with van der Waals surface area (Å²) in [6.07, 6.45) is 5.66. The lowest BCUT2D eigenvalue weighted by Crippen LogP contribution is -2.39. The Bertz CT molecular complexity index is 849. The van der Waals surface area contributed by atoms with Gasteiger partial charge in [-0.05, 0) is 44.7 Å². The van der Waals surface area contributed by atoms with Crippen molar-refractivity contribution in [1.82, 2.24) is 13.9 Å². The lowest BCUT2D eigenvalue weighted by Gasteiger charge is -2.33. The number of hydrogen-bond donors (Lipinski definition) is 0. The van der Waals surface area contributed by atoms with Gasteiger partial charge in [0.1, 0.15) is 11.9 Å². The van der Waals surface area contributed by atoms with Gasteiger partial charge < -0.3 is 9.30 Å². The second-order valence-electron chi connectivity index (χ2n) is 7.08. The summed E-state index contributed by atoms with van der Waals surface area (Å²) in [6, 6.07) is 8.97. The number of sulfonamides is 1. The van der Waals surface area contributed by atoms with Crippen molar-refractivity contribution in [2.45, 2.75) is 49.6 Å². The molecule has 140 valence electrons. The van der Waals surface area contributed by atoms with Crippen LogP contribution in [-0.4, -0.2) is 42.0 Å². The topological polar surface area (TPSA) is 64.4 Å². The van der Waals surface area contributed by atoms with Crippen LogP contribution in [0.25, 0.3) is 0 Å². The standard InChI is InChI=1S/C19H25N3O3S/c1-15-14-20-19(18-8-5-13-25-18)22(15)16-9-11-21(12-10-16)26(23,24)17-6-3-2-4-7-17/h2-4,6-7,14,16,18H,5,8-13H2,1H3. The van der Waals surface area contributed by atoms with Gasteiger partial charge in [-0.2, -0.15) is 4.31 Å². The van der Waals surface area contributed by atoms with Crippen LogP contribution < -0.4 is 0 Å². The molecule has 2 aliphatic rings. The smallest absolute Gasteiger partial charge is 0.243 e. The molecule has 2 aliphatic heterocycles. The molecule has 1 unspecified atom stereocenters. The highest BCUT2D eigenvalue weighted by molar-refractivity contribution is 7.89. The van der Waals surface area contributed by atoms with E-state index < -0.39 is 10.0 Å². The van der Waals surface area contributed by atoms with Gasteiger partial charge in [0.05, 0.1) is 4.90 Å². The minimum absolute atomic E-state index is 0.0785. The first-order valence-corrected chi connectivity index (χ1v) is 10.7. The average molecular weight is 375 g/mol. The predicted molar refractivity (Wildman–Crippen MR) is 98.4 cm³/mol. The summed E-state index contributed by atoms with van der Waals surface area (Å²) in [5.41, 5.74) is 1.12. The number of nitrogens with zero attached hydrogens (tertiary/aromatic N) is 3. The molecule has 0 amide bonds. The number of imidazole rings is 1. The van der Waals surface area contributed by atoms with Crippen LogP contribution in [0.15, 0.2) is 41.4 Å². The van der Waals surface area contributed by atoms with E-state index in [0.29, 0.717) is 18.0 Å². The van der Waals surface area contributed by atoms with Gasteiger partial charge in [0.15, 0.2) is 0 Å². The monoisotopic (exact) mass is 375 g/mol. The molecule has 7 heteroatoms. The predicted octanol–water partition coefficient (Wildman–Crippen LogP) is 3.07. The quantitative estimate of drug-likeness (QED) is 0.824. The Morgan fingerprint density at radius 2 is 1.85 bits per heavy atom. The number of hydrogen-bond acceptors (Lipinski definition) is 4. The minimum atomic E-state index is -3.41. The zero-order chi connectivity index (χ0) is 18.1. The zero-order valence-corrected chi connectivity index (χ0v) is 15.9. The number of aryl methyl sites for hydroxylation is 1. The number of ether oxygens (including phenoxy) is 1. The van der Waals surface area contributed by atoms with E-state index in [4.69, 9.17) is 4.74 Å². The maximum atomic E-state index is 12.8. The summed E-state index contributed by atoms with van der Waals surface area (Å²) in [5, 5.41) is 0. The number of benzene rings is 1. The molecule has 2 aromatic rings. The van der Waals surface area contributed by atoms with E-state index in [2.05, 4.69) is 16.5 Å². The summed E-state index contributed by atoms with van der Waals surface area (Å²) in [4.78, 5) is 4.97. The van der Waals surface area contributed by atoms with Gasteiger partial charge in [0.2, 0.25) is 10.0 Å². The first-order valence-electron chi connectivity index (χ1n) is 9.28. The molecule has 0 N–H and O–H groups in total. The summed E-state index contributed by atoms with van der Waals surface area (Å²) in [5.74, 6) is 1.00. The van der Waals surface area contributed by atoms with Gasteiger partial charge >= 0.3 is 0 Å². The van der Waals surface area contributed by atoms with E-state index in [9.17, 15) is 8.42 Å². The zero-order valence-electron chi connectivity index (χ0n) is 15.0. The Labute approximate surface area is 154 Å². The minimum Gasteiger partial charge on any atom is -0.370 e. The third kappa shape index (κ3) is 3.19. The fraction of sp³-hybridized carbons (Fsp3) is 0.526. The fourth-order valence-corrected chi connectivity index (χ4v) is 5.53. The van der Waals surface area contributed by atoms with Gasteiger partial charge in [0.25, 0.3) is 0 Å². The Kier molecular flexibility index (Phi) is 4.86. The van der Waals surface area contributed by atoms with Crippen LogP contribution in [0.4, 0.5) is 0 Å². The van der Waals surface area contributed by atoms with Crippen LogP contribution >= 0.6 is 0 Å². The van der Waals surface area contributed by atoms with Crippen LogP contribution in [0.5, 0.6) is 0 Å². The molecule has 1 aromatic heterocycles. The molecular formula is C19H25N3O3S. The van der Waals surface area contributed by atoms with Crippen LogP contribution in [0.3, 0.4) is 0 Å². The van der Waals surface area contributed by atoms with Crippen LogP contribution in [0, 0.1) is 6.92 Å². The van der Waals surface area contributed by atoms with Crippen LogP contribution in [-0.2, 0) is 14.8 Å². The molecule has 0 radical (unpaired) electrons. The second-order valence-corrected chi connectivity index (χ2v) is 9.02. The maximum Gasteiger partial charge on any atom is 0.243 e. The third-order valence-electron chi connectivity index (χ3n) is 5.40. The Balaban J connectivity index is 1.50. The number of rotatable bonds is 4. The maximum absolute atomic E-state index is 12.8. The summed E-state index contributed by atoms with van der Waals surface area (Å²) in [7, 11) is -3.41. The Morgan fingerprint density at radius 3 is 2.50 bits per heavy atom. The molecule has 0 spiro atoms. The van der Waals surface area contributed by atoms with Crippen molar-refractivity contribution >= 4 is 10.0 Å². The highest BCUT2D eigenvalue weighted by atomic mass is 32.2. The molecule has 0 saturated carbocycles. The number of aromatic nitrogens is 2. The molecule has 3 heterocycles. The van der Waals surface area contributed by atoms with E-state index in [1.807, 2.05) is 12.3 Å². The average Bonchev–Trinajstić information content (AvgIpc) is 3.32. The first-order chi connectivity index (χ1) is 12.6. The van der Waals surface area contributed by atoms with Crippen molar-refractivity contribution < 1.29 is 13.2 Å². The summed E-state index contributed by atoms with van der Waals surface area (Å²) in [6.45, 7) is 3.93. The van der Waals surface area contributed by atoms with Gasteiger partial charge in [-0.1, -0.05) is 18.2 Å². The molecule has 26 heavy (non-hydrogen) atoms. The lowest BCUT2D eigenvalue weighted by molar-refractivity contribution is 0.0982. The summed E-state index contributed by atoms with van der Waals surface area (Å²) >= 11 is 0. The fourth-order valence-electron chi connectivity index (χ4n) is 4.04. The van der Waals surface area contributed by atoms with Crippen molar-refractivity contribution in [3.8, 4) is 0 Å². The van der Waals surface area contributed by atoms with Gasteiger partial charge in [-0.3, -0.25) is 0 Å². The lowest BCUT2D eigenvalue weighted by atomic mass is 10.1. The number of piperidine rings is 1. The van der Waals surface area contributed by atoms with Gasteiger partial charge in [-0.25, -0.2) is 13.4 Å². The van der Waals surface area contributed by atoms with Crippen molar-refractivity contribution in [3.63, 3.8) is 0 Å². The van der Waals surface area contributed by atoms with E-state index in [1.54, 1.807) is 28.6 Å². The van der Waals surface area contributed by atoms with E-state index in [1.165, 1.54) is 0 Å². The van der Waals surface area contributed by atoms with E-state index >= 15 is 0 Å². The van der Waals surface area contributed by atoms with Gasteiger partial charge in [-0.15, -0.1) is 0 Å².